The molecule has 4 heterocycles. The third kappa shape index (κ3) is 3.52. The van der Waals surface area contributed by atoms with Crippen LogP contribution in [0.25, 0.3) is 11.0 Å². The van der Waals surface area contributed by atoms with Crippen molar-refractivity contribution in [3.8, 4) is 0 Å². The number of H-pyrrole nitrogens is 1. The maximum Gasteiger partial charge on any atom is 0.137 e. The number of nitrogens with zero attached hydrogens (tertiary/aromatic N) is 3. The Morgan fingerprint density at radius 1 is 1.23 bits per heavy atom. The summed E-state index contributed by atoms with van der Waals surface area (Å²) in [5.41, 5.74) is 8.86. The van der Waals surface area contributed by atoms with E-state index in [2.05, 4.69) is 41.9 Å². The van der Waals surface area contributed by atoms with E-state index >= 15 is 0 Å². The predicted molar refractivity (Wildman–Crippen MR) is 108 cm³/mol. The van der Waals surface area contributed by atoms with Crippen LogP contribution in [0, 0.1) is 5.41 Å². The van der Waals surface area contributed by atoms with E-state index in [1.165, 1.54) is 5.56 Å². The molecule has 132 valence electrons. The summed E-state index contributed by atoms with van der Waals surface area (Å²) in [5.74, 6) is 0.568. The summed E-state index contributed by atoms with van der Waals surface area (Å²) in [6.45, 7) is 0. The lowest BCUT2D eigenvalue weighted by Gasteiger charge is -2.31. The summed E-state index contributed by atoms with van der Waals surface area (Å²) in [7, 11) is 0. The van der Waals surface area contributed by atoms with E-state index in [-0.39, 0.29) is 5.41 Å². The monoisotopic (exact) mass is 429 g/mol. The minimum atomic E-state index is -0.171. The van der Waals surface area contributed by atoms with Gasteiger partial charge in [0.1, 0.15) is 16.1 Å². The molecular formula is C19H17BrClN5. The summed E-state index contributed by atoms with van der Waals surface area (Å²) in [6.07, 6.45) is 12.0. The number of rotatable bonds is 4. The van der Waals surface area contributed by atoms with Gasteiger partial charge >= 0.3 is 0 Å². The Balaban J connectivity index is 1.70. The number of pyridine rings is 2. The van der Waals surface area contributed by atoms with Crippen molar-refractivity contribution in [1.29, 1.82) is 0 Å². The smallest absolute Gasteiger partial charge is 0.137 e. The van der Waals surface area contributed by atoms with Crippen molar-refractivity contribution in [1.82, 2.24) is 15.0 Å². The average molecular weight is 431 g/mol. The normalized spacial score (nSPS) is 19.7. The largest absolute Gasteiger partial charge is 0.384 e. The zero-order valence-corrected chi connectivity index (χ0v) is 16.3. The Labute approximate surface area is 164 Å². The fraction of sp³-hybridized carbons (Fsp3) is 0.211. The second kappa shape index (κ2) is 6.85. The predicted octanol–water partition coefficient (Wildman–Crippen LogP) is 4.42. The van der Waals surface area contributed by atoms with Crippen LogP contribution in [0.5, 0.6) is 0 Å². The van der Waals surface area contributed by atoms with Crippen molar-refractivity contribution in [3.05, 3.63) is 69.4 Å². The third-order valence-corrected chi connectivity index (χ3v) is 5.35. The van der Waals surface area contributed by atoms with Gasteiger partial charge in [0.2, 0.25) is 0 Å². The number of hydrogen-bond acceptors (Lipinski definition) is 4. The molecule has 0 amide bonds. The van der Waals surface area contributed by atoms with Crippen LogP contribution in [-0.2, 0) is 12.8 Å². The summed E-state index contributed by atoms with van der Waals surface area (Å²) in [5, 5.41) is 1.67. The van der Waals surface area contributed by atoms with Crippen LogP contribution in [0.2, 0.25) is 5.02 Å². The van der Waals surface area contributed by atoms with Crippen LogP contribution in [0.1, 0.15) is 17.5 Å². The van der Waals surface area contributed by atoms with Gasteiger partial charge in [0.25, 0.3) is 0 Å². The van der Waals surface area contributed by atoms with Crippen molar-refractivity contribution in [2.45, 2.75) is 19.3 Å². The number of halogens is 2. The van der Waals surface area contributed by atoms with Gasteiger partial charge in [-0.3, -0.25) is 0 Å². The van der Waals surface area contributed by atoms with Crippen LogP contribution < -0.4 is 5.73 Å². The maximum atomic E-state index is 6.15. The molecule has 0 saturated carbocycles. The first-order chi connectivity index (χ1) is 12.5. The molecule has 4 rings (SSSR count). The molecule has 5 nitrogen and oxygen atoms in total. The number of aromatic nitrogens is 3. The van der Waals surface area contributed by atoms with Gasteiger partial charge in [-0.05, 0) is 64.5 Å². The molecule has 0 saturated heterocycles. The number of hydrogen-bond donors (Lipinski definition) is 2. The lowest BCUT2D eigenvalue weighted by Crippen LogP contribution is -2.30. The Kier molecular flexibility index (Phi) is 4.54. The van der Waals surface area contributed by atoms with Crippen molar-refractivity contribution >= 4 is 44.8 Å². The SMILES string of the molecule is NC1=CCC(Cc2ccc(Br)nc2)(Cc2c[nH]c3ncc(Cl)cc23)C=N1. The number of aliphatic imine (C=N–C) groups is 1. The first-order valence-electron chi connectivity index (χ1n) is 8.26. The summed E-state index contributed by atoms with van der Waals surface area (Å²) >= 11 is 9.53. The Morgan fingerprint density at radius 2 is 2.12 bits per heavy atom. The highest BCUT2D eigenvalue weighted by molar-refractivity contribution is 9.10. The van der Waals surface area contributed by atoms with Gasteiger partial charge in [0, 0.05) is 35.6 Å². The molecule has 7 heteroatoms. The van der Waals surface area contributed by atoms with E-state index in [4.69, 9.17) is 17.3 Å². The maximum absolute atomic E-state index is 6.15. The van der Waals surface area contributed by atoms with Gasteiger partial charge in [-0.1, -0.05) is 17.7 Å². The molecule has 0 aromatic carbocycles. The van der Waals surface area contributed by atoms with Crippen LogP contribution in [0.3, 0.4) is 0 Å². The molecule has 0 fully saturated rings. The van der Waals surface area contributed by atoms with Crippen LogP contribution in [-0.4, -0.2) is 21.2 Å². The van der Waals surface area contributed by atoms with Gasteiger partial charge in [0.05, 0.1) is 5.02 Å². The molecule has 0 spiro atoms. The minimum Gasteiger partial charge on any atom is -0.384 e. The lowest BCUT2D eigenvalue weighted by molar-refractivity contribution is 0.422. The molecule has 3 aromatic rings. The van der Waals surface area contributed by atoms with Crippen LogP contribution in [0.4, 0.5) is 0 Å². The highest BCUT2D eigenvalue weighted by Crippen LogP contribution is 2.35. The fourth-order valence-electron chi connectivity index (χ4n) is 3.40. The molecule has 0 radical (unpaired) electrons. The van der Waals surface area contributed by atoms with Crippen LogP contribution >= 0.6 is 27.5 Å². The highest BCUT2D eigenvalue weighted by Gasteiger charge is 2.31. The van der Waals surface area contributed by atoms with Gasteiger partial charge in [-0.15, -0.1) is 0 Å². The fourth-order valence-corrected chi connectivity index (χ4v) is 3.79. The van der Waals surface area contributed by atoms with E-state index < -0.39 is 0 Å². The molecule has 1 aliphatic rings. The van der Waals surface area contributed by atoms with Crippen molar-refractivity contribution in [3.63, 3.8) is 0 Å². The number of nitrogens with one attached hydrogen (secondary N) is 1. The zero-order chi connectivity index (χ0) is 18.1. The second-order valence-corrected chi connectivity index (χ2v) is 7.91. The van der Waals surface area contributed by atoms with E-state index in [9.17, 15) is 0 Å². The number of nitrogens with two attached hydrogens (primary N) is 1. The summed E-state index contributed by atoms with van der Waals surface area (Å²) in [6, 6.07) is 6.00. The quantitative estimate of drug-likeness (QED) is 0.601. The third-order valence-electron chi connectivity index (χ3n) is 4.68. The first-order valence-corrected chi connectivity index (χ1v) is 9.43. The first kappa shape index (κ1) is 17.2. The van der Waals surface area contributed by atoms with E-state index in [0.717, 1.165) is 40.5 Å². The molecule has 26 heavy (non-hydrogen) atoms. The number of fused-ring (bicyclic) bond motifs is 1. The minimum absolute atomic E-state index is 0.171. The van der Waals surface area contributed by atoms with Gasteiger partial charge in [0.15, 0.2) is 0 Å². The molecule has 3 aromatic heterocycles. The number of allylic oxidation sites excluding steroid dienone is 1. The lowest BCUT2D eigenvalue weighted by atomic mass is 9.74. The zero-order valence-electron chi connectivity index (χ0n) is 13.9. The Bertz CT molecular complexity index is 1010. The van der Waals surface area contributed by atoms with Crippen LogP contribution in [0.15, 0.2) is 58.3 Å². The van der Waals surface area contributed by atoms with Gasteiger partial charge in [-0.25, -0.2) is 15.0 Å². The Morgan fingerprint density at radius 3 is 2.85 bits per heavy atom. The molecule has 3 N–H and O–H groups in total. The molecule has 1 unspecified atom stereocenters. The highest BCUT2D eigenvalue weighted by atomic mass is 79.9. The van der Waals surface area contributed by atoms with Crippen molar-refractivity contribution < 1.29 is 0 Å². The average Bonchev–Trinajstić information content (AvgIpc) is 3.02. The number of aromatic amines is 1. The van der Waals surface area contributed by atoms with Gasteiger partial charge in [-0.2, -0.15) is 0 Å². The van der Waals surface area contributed by atoms with Crippen molar-refractivity contribution in [2.75, 3.05) is 0 Å². The summed E-state index contributed by atoms with van der Waals surface area (Å²) in [4.78, 5) is 16.3. The Hall–Kier alpha value is -2.18. The molecular weight excluding hydrogens is 414 g/mol. The van der Waals surface area contributed by atoms with Crippen molar-refractivity contribution in [2.24, 2.45) is 16.1 Å². The topological polar surface area (TPSA) is 80.0 Å². The van der Waals surface area contributed by atoms with E-state index in [0.29, 0.717) is 10.8 Å². The molecule has 1 atom stereocenters. The molecule has 0 aliphatic carbocycles. The molecule has 1 aliphatic heterocycles. The van der Waals surface area contributed by atoms with Gasteiger partial charge < -0.3 is 10.7 Å². The summed E-state index contributed by atoms with van der Waals surface area (Å²) < 4.78 is 0.828. The standard InChI is InChI=1S/C19H17BrClN5/c20-16-2-1-12(8-23-16)6-19(4-3-17(22)26-11-19)7-13-9-24-18-15(13)5-14(21)10-25-18/h1-3,5,8-11H,4,6-7,22H2,(H,24,25). The van der Waals surface area contributed by atoms with E-state index in [1.807, 2.05) is 36.8 Å². The van der Waals surface area contributed by atoms with E-state index in [1.54, 1.807) is 6.20 Å². The molecule has 0 bridgehead atoms. The second-order valence-electron chi connectivity index (χ2n) is 6.66.